The molecule has 2 saturated heterocycles. The summed E-state index contributed by atoms with van der Waals surface area (Å²) >= 11 is 0. The quantitative estimate of drug-likeness (QED) is 0.174. The zero-order chi connectivity index (χ0) is 23.9. The fourth-order valence-electron chi connectivity index (χ4n) is 4.36. The van der Waals surface area contributed by atoms with Crippen molar-refractivity contribution in [1.82, 2.24) is 0 Å². The lowest BCUT2D eigenvalue weighted by atomic mass is 9.84. The molecule has 0 spiro atoms. The lowest BCUT2D eigenvalue weighted by Gasteiger charge is -2.47. The summed E-state index contributed by atoms with van der Waals surface area (Å²) in [6, 6.07) is -3.39. The zero-order valence-electron chi connectivity index (χ0n) is 17.7. The van der Waals surface area contributed by atoms with Crippen LogP contribution in [0, 0.1) is 0 Å². The van der Waals surface area contributed by atoms with Gasteiger partial charge in [0.05, 0.1) is 18.8 Å². The van der Waals surface area contributed by atoms with Gasteiger partial charge in [-0.3, -0.25) is 0 Å². The summed E-state index contributed by atoms with van der Waals surface area (Å²) < 4.78 is 22.7. The predicted molar refractivity (Wildman–Crippen MR) is 106 cm³/mol. The van der Waals surface area contributed by atoms with Gasteiger partial charge in [-0.15, -0.1) is 0 Å². The summed E-state index contributed by atoms with van der Waals surface area (Å²) in [6.07, 6.45) is -13.9. The second kappa shape index (κ2) is 10.4. The number of ether oxygens (including phenoxy) is 4. The molecule has 0 radical (unpaired) electrons. The molecule has 14 unspecified atom stereocenters. The zero-order valence-corrected chi connectivity index (χ0v) is 17.7. The van der Waals surface area contributed by atoms with E-state index in [9.17, 15) is 30.6 Å². The van der Waals surface area contributed by atoms with Gasteiger partial charge in [0.1, 0.15) is 48.8 Å². The van der Waals surface area contributed by atoms with Gasteiger partial charge < -0.3 is 72.5 Å². The minimum absolute atomic E-state index is 0.140. The molecule has 3 fully saturated rings. The molecule has 32 heavy (non-hydrogen) atoms. The van der Waals surface area contributed by atoms with Gasteiger partial charge in [0.15, 0.2) is 12.6 Å². The van der Waals surface area contributed by atoms with Crippen molar-refractivity contribution in [2.75, 3.05) is 6.61 Å². The molecule has 3 rings (SSSR count). The second-order valence-corrected chi connectivity index (χ2v) is 8.85. The van der Waals surface area contributed by atoms with Crippen molar-refractivity contribution in [2.24, 2.45) is 22.9 Å². The molecule has 3 aliphatic rings. The number of nitrogens with two attached hydrogens (primary N) is 4. The predicted octanol–water partition coefficient (Wildman–Crippen LogP) is -6.26. The molecule has 0 bridgehead atoms. The molecule has 14 nitrogen and oxygen atoms in total. The minimum atomic E-state index is -1.46. The van der Waals surface area contributed by atoms with Crippen LogP contribution in [0.15, 0.2) is 0 Å². The Bertz CT molecular complexity index is 618. The van der Waals surface area contributed by atoms with Crippen LogP contribution in [0.4, 0.5) is 0 Å². The monoisotopic (exact) mass is 468 g/mol. The molecule has 2 heterocycles. The van der Waals surface area contributed by atoms with Gasteiger partial charge in [0, 0.05) is 18.1 Å². The highest BCUT2D eigenvalue weighted by Gasteiger charge is 2.52. The largest absolute Gasteiger partial charge is 0.394 e. The van der Waals surface area contributed by atoms with Crippen LogP contribution in [0.25, 0.3) is 0 Å². The SMILES string of the molecule is C[C@@H](N)C1OC(OC2C(O)C(N)CC(N)C2OC2OC(CO)C(O)C(O)C2N)C(O)C1O. The van der Waals surface area contributed by atoms with E-state index in [1.54, 1.807) is 6.92 Å². The van der Waals surface area contributed by atoms with Gasteiger partial charge in [0.25, 0.3) is 0 Å². The van der Waals surface area contributed by atoms with E-state index in [4.69, 9.17) is 41.9 Å². The van der Waals surface area contributed by atoms with E-state index in [2.05, 4.69) is 0 Å². The maximum absolute atomic E-state index is 10.7. The minimum Gasteiger partial charge on any atom is -0.394 e. The molecule has 188 valence electrons. The number of rotatable bonds is 6. The highest BCUT2D eigenvalue weighted by Crippen LogP contribution is 2.32. The van der Waals surface area contributed by atoms with Crippen LogP contribution in [-0.4, -0.2) is 129 Å². The lowest BCUT2D eigenvalue weighted by Crippen LogP contribution is -2.68. The Kier molecular flexibility index (Phi) is 8.44. The van der Waals surface area contributed by atoms with Crippen molar-refractivity contribution < 1.29 is 49.6 Å². The molecule has 14 N–H and O–H groups in total. The first-order valence-corrected chi connectivity index (χ1v) is 10.6. The van der Waals surface area contributed by atoms with E-state index >= 15 is 0 Å². The van der Waals surface area contributed by atoms with Crippen molar-refractivity contribution in [3.63, 3.8) is 0 Å². The van der Waals surface area contributed by atoms with Crippen molar-refractivity contribution in [3.8, 4) is 0 Å². The molecule has 0 aromatic rings. The summed E-state index contributed by atoms with van der Waals surface area (Å²) in [6.45, 7) is 0.989. The van der Waals surface area contributed by atoms with Crippen molar-refractivity contribution in [3.05, 3.63) is 0 Å². The molecule has 15 atom stereocenters. The molecule has 1 saturated carbocycles. The normalized spacial score (nSPS) is 53.3. The Hall–Kier alpha value is -0.560. The van der Waals surface area contributed by atoms with E-state index in [-0.39, 0.29) is 6.42 Å². The molecular formula is C18H36N4O10. The van der Waals surface area contributed by atoms with Gasteiger partial charge in [-0.1, -0.05) is 0 Å². The van der Waals surface area contributed by atoms with Gasteiger partial charge in [-0.2, -0.15) is 0 Å². The van der Waals surface area contributed by atoms with Crippen molar-refractivity contribution in [1.29, 1.82) is 0 Å². The Labute approximate surface area is 185 Å². The maximum Gasteiger partial charge on any atom is 0.187 e. The topological polar surface area (TPSA) is 262 Å². The third-order valence-electron chi connectivity index (χ3n) is 6.35. The number of aliphatic hydroxyl groups is 6. The fourth-order valence-corrected chi connectivity index (χ4v) is 4.36. The molecule has 14 heteroatoms. The Morgan fingerprint density at radius 2 is 1.44 bits per heavy atom. The first-order valence-electron chi connectivity index (χ1n) is 10.6. The average molecular weight is 469 g/mol. The molecule has 2 aliphatic heterocycles. The molecule has 1 aliphatic carbocycles. The van der Waals surface area contributed by atoms with Crippen LogP contribution in [0.1, 0.15) is 13.3 Å². The van der Waals surface area contributed by atoms with Crippen LogP contribution < -0.4 is 22.9 Å². The van der Waals surface area contributed by atoms with Gasteiger partial charge in [-0.25, -0.2) is 0 Å². The molecule has 0 amide bonds. The average Bonchev–Trinajstić information content (AvgIpc) is 3.03. The summed E-state index contributed by atoms with van der Waals surface area (Å²) in [5, 5.41) is 60.8. The molecule has 0 aromatic carbocycles. The highest BCUT2D eigenvalue weighted by atomic mass is 16.7. The lowest BCUT2D eigenvalue weighted by molar-refractivity contribution is -0.310. The Balaban J connectivity index is 1.78. The first-order chi connectivity index (χ1) is 15.0. The van der Waals surface area contributed by atoms with E-state index in [0.29, 0.717) is 0 Å². The summed E-state index contributed by atoms with van der Waals surface area (Å²) in [7, 11) is 0. The van der Waals surface area contributed by atoms with Crippen LogP contribution in [0.3, 0.4) is 0 Å². The third kappa shape index (κ3) is 4.94. The fraction of sp³-hybridized carbons (Fsp3) is 1.00. The van der Waals surface area contributed by atoms with Gasteiger partial charge in [-0.05, 0) is 13.3 Å². The number of hydrogen-bond acceptors (Lipinski definition) is 14. The smallest absolute Gasteiger partial charge is 0.187 e. The molecule has 0 aromatic heterocycles. The van der Waals surface area contributed by atoms with E-state index in [1.807, 2.05) is 0 Å². The summed E-state index contributed by atoms with van der Waals surface area (Å²) in [4.78, 5) is 0. The van der Waals surface area contributed by atoms with Crippen LogP contribution in [-0.2, 0) is 18.9 Å². The second-order valence-electron chi connectivity index (χ2n) is 8.85. The molecular weight excluding hydrogens is 432 g/mol. The van der Waals surface area contributed by atoms with Crippen LogP contribution >= 0.6 is 0 Å². The van der Waals surface area contributed by atoms with Crippen LogP contribution in [0.5, 0.6) is 0 Å². The maximum atomic E-state index is 10.7. The standard InChI is InChI=1S/C18H36N4O10/c1-4(19)14-12(27)13(28)18(30-14)32-16-9(24)5(20)2-6(21)15(16)31-17-8(22)11(26)10(25)7(3-23)29-17/h4-18,23-28H,2-3,19-22H2,1H3/t4-,5?,6?,7?,8?,9?,10?,11?,12?,13?,14?,15?,16?,17?,18?/m1/s1. The van der Waals surface area contributed by atoms with Crippen LogP contribution in [0.2, 0.25) is 0 Å². The number of hydrogen-bond donors (Lipinski definition) is 10. The summed E-state index contributed by atoms with van der Waals surface area (Å²) in [5.41, 5.74) is 23.9. The number of aliphatic hydroxyl groups excluding tert-OH is 6. The van der Waals surface area contributed by atoms with Crippen molar-refractivity contribution >= 4 is 0 Å². The third-order valence-corrected chi connectivity index (χ3v) is 6.35. The highest BCUT2D eigenvalue weighted by molar-refractivity contribution is 5.01. The van der Waals surface area contributed by atoms with E-state index < -0.39 is 98.3 Å². The Morgan fingerprint density at radius 3 is 2.00 bits per heavy atom. The van der Waals surface area contributed by atoms with Gasteiger partial charge >= 0.3 is 0 Å². The van der Waals surface area contributed by atoms with Crippen molar-refractivity contribution in [2.45, 2.75) is 105 Å². The summed E-state index contributed by atoms with van der Waals surface area (Å²) in [5.74, 6) is 0. The van der Waals surface area contributed by atoms with E-state index in [0.717, 1.165) is 0 Å². The Morgan fingerprint density at radius 1 is 0.812 bits per heavy atom. The first kappa shape index (κ1) is 26.1. The van der Waals surface area contributed by atoms with Gasteiger partial charge in [0.2, 0.25) is 0 Å². The van der Waals surface area contributed by atoms with E-state index in [1.165, 1.54) is 0 Å².